The van der Waals surface area contributed by atoms with E-state index in [0.29, 0.717) is 0 Å². The number of benzene rings is 2. The second-order valence-corrected chi connectivity index (χ2v) is 5.99. The summed E-state index contributed by atoms with van der Waals surface area (Å²) in [5.41, 5.74) is 4.99. The van der Waals surface area contributed by atoms with Crippen molar-refractivity contribution >= 4 is 27.5 Å². The number of halogens is 2. The molecule has 1 atom stereocenters. The normalized spacial score (nSPS) is 12.4. The molecule has 0 saturated carbocycles. The van der Waals surface area contributed by atoms with Crippen molar-refractivity contribution in [3.05, 3.63) is 69.2 Å². The Bertz CT molecular complexity index is 531. The first-order chi connectivity index (χ1) is 8.58. The van der Waals surface area contributed by atoms with Gasteiger partial charge in [-0.25, -0.2) is 0 Å². The zero-order valence-electron chi connectivity index (χ0n) is 10.6. The van der Waals surface area contributed by atoms with E-state index in [1.165, 1.54) is 22.3 Å². The van der Waals surface area contributed by atoms with Crippen molar-refractivity contribution in [2.24, 2.45) is 0 Å². The van der Waals surface area contributed by atoms with Crippen LogP contribution in [0.5, 0.6) is 0 Å². The fraction of sp³-hybridized carbons (Fsp3) is 0.250. The SMILES string of the molecule is Cc1ccc(CC(Cl)c2cccc(Br)c2C)cc1. The highest BCUT2D eigenvalue weighted by atomic mass is 79.9. The summed E-state index contributed by atoms with van der Waals surface area (Å²) in [4.78, 5) is 0. The molecule has 0 aliphatic carbocycles. The highest BCUT2D eigenvalue weighted by molar-refractivity contribution is 9.10. The van der Waals surface area contributed by atoms with Gasteiger partial charge < -0.3 is 0 Å². The van der Waals surface area contributed by atoms with Crippen LogP contribution in [0, 0.1) is 13.8 Å². The largest absolute Gasteiger partial charge is 0.117 e. The molecule has 0 spiro atoms. The Morgan fingerprint density at radius 3 is 2.39 bits per heavy atom. The lowest BCUT2D eigenvalue weighted by atomic mass is 9.99. The topological polar surface area (TPSA) is 0 Å². The summed E-state index contributed by atoms with van der Waals surface area (Å²) in [6.45, 7) is 4.20. The summed E-state index contributed by atoms with van der Waals surface area (Å²) in [7, 11) is 0. The molecule has 2 rings (SSSR count). The third-order valence-corrected chi connectivity index (χ3v) is 4.43. The van der Waals surface area contributed by atoms with Crippen LogP contribution in [-0.4, -0.2) is 0 Å². The molecule has 0 radical (unpaired) electrons. The van der Waals surface area contributed by atoms with Crippen LogP contribution in [0.15, 0.2) is 46.9 Å². The van der Waals surface area contributed by atoms with Crippen molar-refractivity contribution < 1.29 is 0 Å². The second kappa shape index (κ2) is 5.90. The molecule has 0 amide bonds. The smallest absolute Gasteiger partial charge is 0.0628 e. The Balaban J connectivity index is 2.19. The van der Waals surface area contributed by atoms with Gasteiger partial charge in [0.25, 0.3) is 0 Å². The van der Waals surface area contributed by atoms with E-state index in [-0.39, 0.29) is 5.38 Å². The van der Waals surface area contributed by atoms with E-state index in [1.54, 1.807) is 0 Å². The Hall–Kier alpha value is -0.790. The molecule has 2 heteroatoms. The summed E-state index contributed by atoms with van der Waals surface area (Å²) in [5, 5.41) is 0.0187. The van der Waals surface area contributed by atoms with Crippen molar-refractivity contribution in [3.63, 3.8) is 0 Å². The average molecular weight is 324 g/mol. The van der Waals surface area contributed by atoms with Crippen LogP contribution >= 0.6 is 27.5 Å². The summed E-state index contributed by atoms with van der Waals surface area (Å²) < 4.78 is 1.12. The fourth-order valence-electron chi connectivity index (χ4n) is 2.00. The van der Waals surface area contributed by atoms with E-state index in [2.05, 4.69) is 60.1 Å². The lowest BCUT2D eigenvalue weighted by molar-refractivity contribution is 0.908. The molecule has 0 aliphatic heterocycles. The van der Waals surface area contributed by atoms with E-state index in [0.717, 1.165) is 10.9 Å². The standard InChI is InChI=1S/C16H16BrCl/c1-11-6-8-13(9-7-11)10-16(18)14-4-3-5-15(17)12(14)2/h3-9,16H,10H2,1-2H3. The minimum atomic E-state index is 0.0187. The van der Waals surface area contributed by atoms with Crippen LogP contribution in [0.3, 0.4) is 0 Å². The zero-order chi connectivity index (χ0) is 13.1. The predicted octanol–water partition coefficient (Wildman–Crippen LogP) is 5.59. The summed E-state index contributed by atoms with van der Waals surface area (Å²) in [6, 6.07) is 14.8. The first-order valence-electron chi connectivity index (χ1n) is 6.02. The van der Waals surface area contributed by atoms with Crippen molar-refractivity contribution in [1.82, 2.24) is 0 Å². The molecule has 0 nitrogen and oxygen atoms in total. The molecule has 0 aliphatic rings. The summed E-state index contributed by atoms with van der Waals surface area (Å²) in [6.07, 6.45) is 0.860. The second-order valence-electron chi connectivity index (χ2n) is 4.61. The minimum Gasteiger partial charge on any atom is -0.117 e. The highest BCUT2D eigenvalue weighted by Crippen LogP contribution is 2.31. The van der Waals surface area contributed by atoms with Gasteiger partial charge in [-0.2, -0.15) is 0 Å². The monoisotopic (exact) mass is 322 g/mol. The molecule has 0 heterocycles. The highest BCUT2D eigenvalue weighted by Gasteiger charge is 2.12. The van der Waals surface area contributed by atoms with Gasteiger partial charge in [0.05, 0.1) is 5.38 Å². The first kappa shape index (κ1) is 13.6. The third kappa shape index (κ3) is 3.15. The molecule has 0 aromatic heterocycles. The van der Waals surface area contributed by atoms with Gasteiger partial charge in [-0.15, -0.1) is 11.6 Å². The van der Waals surface area contributed by atoms with E-state index in [9.17, 15) is 0 Å². The number of alkyl halides is 1. The molecule has 0 fully saturated rings. The van der Waals surface area contributed by atoms with Crippen LogP contribution < -0.4 is 0 Å². The number of rotatable bonds is 3. The fourth-order valence-corrected chi connectivity index (χ4v) is 2.80. The molecule has 0 N–H and O–H groups in total. The molecule has 94 valence electrons. The van der Waals surface area contributed by atoms with Crippen molar-refractivity contribution in [3.8, 4) is 0 Å². The van der Waals surface area contributed by atoms with E-state index in [1.807, 2.05) is 12.1 Å². The van der Waals surface area contributed by atoms with Crippen LogP contribution in [0.1, 0.15) is 27.6 Å². The third-order valence-electron chi connectivity index (χ3n) is 3.18. The van der Waals surface area contributed by atoms with Gasteiger partial charge in [0.2, 0.25) is 0 Å². The molecular formula is C16H16BrCl. The first-order valence-corrected chi connectivity index (χ1v) is 7.25. The lowest BCUT2D eigenvalue weighted by Crippen LogP contribution is -1.99. The van der Waals surface area contributed by atoms with Gasteiger partial charge in [-0.3, -0.25) is 0 Å². The van der Waals surface area contributed by atoms with Crippen LogP contribution in [0.4, 0.5) is 0 Å². The molecule has 2 aromatic rings. The Morgan fingerprint density at radius 2 is 1.72 bits per heavy atom. The summed E-state index contributed by atoms with van der Waals surface area (Å²) in [5.74, 6) is 0. The summed E-state index contributed by atoms with van der Waals surface area (Å²) >= 11 is 10.1. The lowest BCUT2D eigenvalue weighted by Gasteiger charge is -2.14. The Morgan fingerprint density at radius 1 is 1.06 bits per heavy atom. The van der Waals surface area contributed by atoms with E-state index >= 15 is 0 Å². The Labute approximate surface area is 122 Å². The molecule has 18 heavy (non-hydrogen) atoms. The minimum absolute atomic E-state index is 0.0187. The average Bonchev–Trinajstić information content (AvgIpc) is 2.35. The van der Waals surface area contributed by atoms with Gasteiger partial charge >= 0.3 is 0 Å². The maximum atomic E-state index is 6.54. The van der Waals surface area contributed by atoms with Crippen LogP contribution in [0.25, 0.3) is 0 Å². The molecular weight excluding hydrogens is 308 g/mol. The van der Waals surface area contributed by atoms with Gasteiger partial charge in [0, 0.05) is 4.47 Å². The van der Waals surface area contributed by atoms with Crippen LogP contribution in [-0.2, 0) is 6.42 Å². The quantitative estimate of drug-likeness (QED) is 0.646. The molecule has 2 aromatic carbocycles. The van der Waals surface area contributed by atoms with Crippen molar-refractivity contribution in [2.75, 3.05) is 0 Å². The van der Waals surface area contributed by atoms with Gasteiger partial charge in [-0.05, 0) is 43.0 Å². The molecule has 0 saturated heterocycles. The van der Waals surface area contributed by atoms with Crippen molar-refractivity contribution in [2.45, 2.75) is 25.6 Å². The molecule has 0 bridgehead atoms. The van der Waals surface area contributed by atoms with Crippen LogP contribution in [0.2, 0.25) is 0 Å². The number of hydrogen-bond donors (Lipinski definition) is 0. The predicted molar refractivity (Wildman–Crippen MR) is 82.4 cm³/mol. The van der Waals surface area contributed by atoms with E-state index in [4.69, 9.17) is 11.6 Å². The maximum Gasteiger partial charge on any atom is 0.0628 e. The Kier molecular flexibility index (Phi) is 4.47. The van der Waals surface area contributed by atoms with Gasteiger partial charge in [0.1, 0.15) is 0 Å². The van der Waals surface area contributed by atoms with E-state index < -0.39 is 0 Å². The number of aryl methyl sites for hydroxylation is 1. The van der Waals surface area contributed by atoms with Crippen molar-refractivity contribution in [1.29, 1.82) is 0 Å². The molecule has 1 unspecified atom stereocenters. The van der Waals surface area contributed by atoms with Gasteiger partial charge in [0.15, 0.2) is 0 Å². The maximum absolute atomic E-state index is 6.54. The number of hydrogen-bond acceptors (Lipinski definition) is 0. The van der Waals surface area contributed by atoms with Gasteiger partial charge in [-0.1, -0.05) is 57.9 Å². The zero-order valence-corrected chi connectivity index (χ0v) is 12.9.